The molecule has 1 aromatic carbocycles. The summed E-state index contributed by atoms with van der Waals surface area (Å²) in [6.45, 7) is 4.38. The molecule has 1 saturated carbocycles. The van der Waals surface area contributed by atoms with Crippen molar-refractivity contribution in [1.29, 1.82) is 0 Å². The minimum atomic E-state index is -4.79. The molecule has 2 heterocycles. The molecule has 2 aliphatic rings. The molecular weight excluding hydrogens is 510 g/mol. The predicted octanol–water partition coefficient (Wildman–Crippen LogP) is 6.03. The molecule has 1 aromatic heterocycles. The van der Waals surface area contributed by atoms with Crippen molar-refractivity contribution in [3.63, 3.8) is 0 Å². The lowest BCUT2D eigenvalue weighted by Crippen LogP contribution is -2.46. The van der Waals surface area contributed by atoms with Gasteiger partial charge < -0.3 is 15.5 Å². The van der Waals surface area contributed by atoms with E-state index in [1.54, 1.807) is 6.08 Å². The van der Waals surface area contributed by atoms with Gasteiger partial charge in [0.2, 0.25) is 5.91 Å². The van der Waals surface area contributed by atoms with Gasteiger partial charge in [0.05, 0.1) is 17.0 Å². The van der Waals surface area contributed by atoms with Crippen LogP contribution in [0.3, 0.4) is 0 Å². The number of hydrogen-bond donors (Lipinski definition) is 2. The Kier molecular flexibility index (Phi) is 8.06. The summed E-state index contributed by atoms with van der Waals surface area (Å²) in [6.07, 6.45) is -4.01. The van der Waals surface area contributed by atoms with Gasteiger partial charge in [0.25, 0.3) is 0 Å². The van der Waals surface area contributed by atoms with Gasteiger partial charge in [-0.25, -0.2) is 4.98 Å². The second-order valence-electron chi connectivity index (χ2n) is 10.00. The van der Waals surface area contributed by atoms with E-state index >= 15 is 0 Å². The number of rotatable bonds is 8. The van der Waals surface area contributed by atoms with Crippen molar-refractivity contribution in [3.05, 3.63) is 48.3 Å². The highest BCUT2D eigenvalue weighted by atomic mass is 19.4. The lowest BCUT2D eigenvalue weighted by Gasteiger charge is -2.36. The largest absolute Gasteiger partial charge is 0.417 e. The Hall–Kier alpha value is -3.08. The van der Waals surface area contributed by atoms with Gasteiger partial charge in [-0.15, -0.1) is 0 Å². The number of pyridine rings is 1. The fourth-order valence-electron chi connectivity index (χ4n) is 4.70. The molecule has 1 aliphatic heterocycles. The Morgan fingerprint density at radius 1 is 1.13 bits per heavy atom. The minimum absolute atomic E-state index is 0.00341. The molecular formula is C27H30F6N4O. The highest BCUT2D eigenvalue weighted by molar-refractivity contribution is 6.00. The van der Waals surface area contributed by atoms with E-state index in [2.05, 4.69) is 22.2 Å². The van der Waals surface area contributed by atoms with Crippen molar-refractivity contribution < 1.29 is 31.1 Å². The molecule has 0 bridgehead atoms. The number of amides is 1. The number of benzene rings is 1. The minimum Gasteiger partial charge on any atom is -0.373 e. The monoisotopic (exact) mass is 540 g/mol. The van der Waals surface area contributed by atoms with E-state index < -0.39 is 35.6 Å². The third-order valence-corrected chi connectivity index (χ3v) is 7.05. The number of aromatic nitrogens is 1. The Morgan fingerprint density at radius 2 is 1.82 bits per heavy atom. The molecule has 1 aliphatic carbocycles. The maximum absolute atomic E-state index is 14.2. The Balaban J connectivity index is 1.70. The number of hydrogen-bond acceptors (Lipinski definition) is 4. The van der Waals surface area contributed by atoms with Crippen molar-refractivity contribution in [2.75, 3.05) is 32.0 Å². The molecule has 1 unspecified atom stereocenters. The van der Waals surface area contributed by atoms with Crippen molar-refractivity contribution in [2.45, 2.75) is 44.1 Å². The number of fused-ring (bicyclic) bond motifs is 1. The van der Waals surface area contributed by atoms with Crippen molar-refractivity contribution in [3.8, 4) is 0 Å². The number of nitrogens with one attached hydrogen (secondary N) is 2. The summed E-state index contributed by atoms with van der Waals surface area (Å²) in [5.41, 5.74) is -1.47. The number of alkyl halides is 6. The van der Waals surface area contributed by atoms with Crippen LogP contribution in [0.4, 0.5) is 32.0 Å². The standard InChI is InChI=1S/C27H30F6N4O/c1-16(26(28,29)30)23-20-6-3-7-22(36-24(27(31,32)33)17-10-13-37(2)14-11-17)21(20)15-19(35-23)5-4-12-34-25(38)18-8-9-18/h3-7,15,17-18,24,36H,1,8-14H2,2H3,(H,34,38)/b5-4+. The maximum atomic E-state index is 14.2. The predicted molar refractivity (Wildman–Crippen MR) is 135 cm³/mol. The summed E-state index contributed by atoms with van der Waals surface area (Å²) in [4.78, 5) is 17.9. The van der Waals surface area contributed by atoms with Crippen LogP contribution in [0.1, 0.15) is 37.1 Å². The molecule has 0 radical (unpaired) electrons. The summed E-state index contributed by atoms with van der Waals surface area (Å²) >= 11 is 0. The molecule has 2 fully saturated rings. The highest BCUT2D eigenvalue weighted by Gasteiger charge is 2.45. The molecule has 4 rings (SSSR count). The van der Waals surface area contributed by atoms with Gasteiger partial charge in [-0.2, -0.15) is 26.3 Å². The third-order valence-electron chi connectivity index (χ3n) is 7.05. The van der Waals surface area contributed by atoms with E-state index in [1.807, 2.05) is 11.9 Å². The van der Waals surface area contributed by atoms with Crippen LogP contribution in [0.25, 0.3) is 22.4 Å². The normalized spacial score (nSPS) is 18.6. The first-order valence-corrected chi connectivity index (χ1v) is 12.5. The van der Waals surface area contributed by atoms with Crippen LogP contribution in [0.5, 0.6) is 0 Å². The maximum Gasteiger partial charge on any atom is 0.417 e. The van der Waals surface area contributed by atoms with Gasteiger partial charge >= 0.3 is 12.4 Å². The number of carbonyl (C=O) groups is 1. The van der Waals surface area contributed by atoms with Gasteiger partial charge in [-0.1, -0.05) is 24.8 Å². The van der Waals surface area contributed by atoms with E-state index in [9.17, 15) is 31.1 Å². The molecule has 1 amide bonds. The van der Waals surface area contributed by atoms with Gasteiger partial charge in [0, 0.05) is 28.9 Å². The van der Waals surface area contributed by atoms with Gasteiger partial charge in [0.1, 0.15) is 6.04 Å². The fourth-order valence-corrected chi connectivity index (χ4v) is 4.70. The van der Waals surface area contributed by atoms with E-state index in [-0.39, 0.29) is 40.5 Å². The first-order valence-electron chi connectivity index (χ1n) is 12.5. The molecule has 206 valence electrons. The summed E-state index contributed by atoms with van der Waals surface area (Å²) in [5, 5.41) is 5.55. The Morgan fingerprint density at radius 3 is 2.42 bits per heavy atom. The topological polar surface area (TPSA) is 57.3 Å². The summed E-state index contributed by atoms with van der Waals surface area (Å²) in [5.74, 6) is -0.767. The highest BCUT2D eigenvalue weighted by Crippen LogP contribution is 2.39. The van der Waals surface area contributed by atoms with Gasteiger partial charge in [-0.05, 0) is 69.9 Å². The Labute approximate surface area is 217 Å². The molecule has 11 heteroatoms. The smallest absolute Gasteiger partial charge is 0.373 e. The van der Waals surface area contributed by atoms with E-state index in [0.29, 0.717) is 25.9 Å². The van der Waals surface area contributed by atoms with Crippen LogP contribution in [-0.4, -0.2) is 60.9 Å². The summed E-state index contributed by atoms with van der Waals surface area (Å²) < 4.78 is 83.4. The van der Waals surface area contributed by atoms with Gasteiger partial charge in [-0.3, -0.25) is 4.79 Å². The number of anilines is 1. The van der Waals surface area contributed by atoms with E-state index in [0.717, 1.165) is 12.8 Å². The molecule has 0 spiro atoms. The average molecular weight is 541 g/mol. The molecule has 5 nitrogen and oxygen atoms in total. The number of likely N-dealkylation sites (tertiary alicyclic amines) is 1. The first kappa shape index (κ1) is 27.9. The number of halogens is 6. The van der Waals surface area contributed by atoms with Crippen LogP contribution in [0, 0.1) is 11.8 Å². The number of carbonyl (C=O) groups excluding carboxylic acids is 1. The first-order chi connectivity index (χ1) is 17.8. The van der Waals surface area contributed by atoms with Crippen molar-refractivity contribution in [2.24, 2.45) is 11.8 Å². The lowest BCUT2D eigenvalue weighted by molar-refractivity contribution is -0.156. The second-order valence-corrected chi connectivity index (χ2v) is 10.00. The number of allylic oxidation sites excluding steroid dienone is 1. The second kappa shape index (κ2) is 11.0. The summed E-state index contributed by atoms with van der Waals surface area (Å²) in [6, 6.07) is 3.82. The van der Waals surface area contributed by atoms with Crippen molar-refractivity contribution >= 4 is 34.0 Å². The Bertz CT molecular complexity index is 1210. The quantitative estimate of drug-likeness (QED) is 0.402. The zero-order valence-corrected chi connectivity index (χ0v) is 20.9. The van der Waals surface area contributed by atoms with E-state index in [1.165, 1.54) is 30.3 Å². The van der Waals surface area contributed by atoms with Crippen molar-refractivity contribution in [1.82, 2.24) is 15.2 Å². The molecule has 1 saturated heterocycles. The van der Waals surface area contributed by atoms with E-state index in [4.69, 9.17) is 0 Å². The third kappa shape index (κ3) is 6.67. The molecule has 2 N–H and O–H groups in total. The van der Waals surface area contributed by atoms with Crippen LogP contribution in [0.2, 0.25) is 0 Å². The average Bonchev–Trinajstić information content (AvgIpc) is 3.69. The molecule has 2 aromatic rings. The fraction of sp³-hybridized carbons (Fsp3) is 0.481. The molecule has 38 heavy (non-hydrogen) atoms. The molecule has 1 atom stereocenters. The SMILES string of the molecule is C=C(c1nc(/C=C/CNC(=O)C2CC2)cc2c(NC(C3CCN(C)CC3)C(F)(F)F)cccc12)C(F)(F)F. The van der Waals surface area contributed by atoms with Crippen LogP contribution in [0.15, 0.2) is 36.9 Å². The van der Waals surface area contributed by atoms with Crippen LogP contribution in [-0.2, 0) is 4.79 Å². The van der Waals surface area contributed by atoms with Gasteiger partial charge in [0.15, 0.2) is 0 Å². The van der Waals surface area contributed by atoms with Crippen LogP contribution < -0.4 is 10.6 Å². The number of piperidine rings is 1. The number of nitrogens with zero attached hydrogens (tertiary/aromatic N) is 2. The van der Waals surface area contributed by atoms with Crippen LogP contribution >= 0.6 is 0 Å². The summed E-state index contributed by atoms with van der Waals surface area (Å²) in [7, 11) is 1.85. The zero-order valence-electron chi connectivity index (χ0n) is 20.9. The lowest BCUT2D eigenvalue weighted by atomic mass is 9.88. The zero-order chi connectivity index (χ0) is 27.7.